The van der Waals surface area contributed by atoms with E-state index in [4.69, 9.17) is 0 Å². The molecule has 0 bridgehead atoms. The third-order valence-corrected chi connectivity index (χ3v) is 5.38. The number of piperidine rings is 1. The van der Waals surface area contributed by atoms with E-state index in [0.717, 1.165) is 22.9 Å². The van der Waals surface area contributed by atoms with Crippen molar-refractivity contribution in [2.45, 2.75) is 26.3 Å². The van der Waals surface area contributed by atoms with Crippen LogP contribution in [-0.4, -0.2) is 25.8 Å². The highest BCUT2D eigenvalue weighted by molar-refractivity contribution is 9.10. The van der Waals surface area contributed by atoms with E-state index in [0.29, 0.717) is 25.6 Å². The zero-order chi connectivity index (χ0) is 13.9. The summed E-state index contributed by atoms with van der Waals surface area (Å²) < 4.78 is 29.6. The first kappa shape index (κ1) is 15.0. The predicted octanol–water partition coefficient (Wildman–Crippen LogP) is 2.52. The Morgan fingerprint density at radius 1 is 1.37 bits per heavy atom. The standard InChI is InChI=1S/C13H19BrN2O2S/c1-11-3-2-8-16(10-11)19(17,18)15-9-12-4-6-13(14)7-5-12/h4-7,11,15H,2-3,8-10H2,1H3. The number of nitrogens with one attached hydrogen (secondary N) is 1. The molecule has 1 aliphatic rings. The number of hydrogen-bond donors (Lipinski definition) is 1. The van der Waals surface area contributed by atoms with Gasteiger partial charge in [0.05, 0.1) is 0 Å². The summed E-state index contributed by atoms with van der Waals surface area (Å²) in [5.41, 5.74) is 0.955. The van der Waals surface area contributed by atoms with Crippen LogP contribution in [0.4, 0.5) is 0 Å². The van der Waals surface area contributed by atoms with Gasteiger partial charge in [0.15, 0.2) is 0 Å². The Balaban J connectivity index is 1.95. The smallest absolute Gasteiger partial charge is 0.198 e. The first-order valence-corrected chi connectivity index (χ1v) is 8.70. The predicted molar refractivity (Wildman–Crippen MR) is 79.9 cm³/mol. The Labute approximate surface area is 123 Å². The van der Waals surface area contributed by atoms with Crippen molar-refractivity contribution in [2.24, 2.45) is 5.92 Å². The van der Waals surface area contributed by atoms with Crippen LogP contribution in [0.3, 0.4) is 0 Å². The fourth-order valence-electron chi connectivity index (χ4n) is 2.23. The highest BCUT2D eigenvalue weighted by atomic mass is 79.9. The quantitative estimate of drug-likeness (QED) is 0.910. The third kappa shape index (κ3) is 4.27. The Hall–Kier alpha value is -0.430. The second-order valence-corrected chi connectivity index (χ2v) is 7.73. The molecule has 106 valence electrons. The van der Waals surface area contributed by atoms with Crippen LogP contribution in [0.5, 0.6) is 0 Å². The maximum atomic E-state index is 12.2. The van der Waals surface area contributed by atoms with Crippen LogP contribution < -0.4 is 4.72 Å². The molecule has 0 radical (unpaired) electrons. The summed E-state index contributed by atoms with van der Waals surface area (Å²) in [6.07, 6.45) is 2.05. The summed E-state index contributed by atoms with van der Waals surface area (Å²) in [5, 5.41) is 0. The summed E-state index contributed by atoms with van der Waals surface area (Å²) in [6.45, 7) is 3.67. The van der Waals surface area contributed by atoms with E-state index in [2.05, 4.69) is 27.6 Å². The van der Waals surface area contributed by atoms with Crippen LogP contribution in [0.2, 0.25) is 0 Å². The Morgan fingerprint density at radius 2 is 2.05 bits per heavy atom. The molecule has 0 amide bonds. The molecule has 1 fully saturated rings. The normalized spacial score (nSPS) is 21.5. The molecule has 0 aromatic heterocycles. The Morgan fingerprint density at radius 3 is 2.68 bits per heavy atom. The van der Waals surface area contributed by atoms with Crippen molar-refractivity contribution in [1.82, 2.24) is 9.03 Å². The Bertz CT molecular complexity index is 516. The van der Waals surface area contributed by atoms with Crippen LogP contribution in [0, 0.1) is 5.92 Å². The SMILES string of the molecule is CC1CCCN(S(=O)(=O)NCc2ccc(Br)cc2)C1. The highest BCUT2D eigenvalue weighted by Crippen LogP contribution is 2.18. The molecule has 1 aromatic rings. The van der Waals surface area contributed by atoms with Gasteiger partial charge in [-0.3, -0.25) is 0 Å². The topological polar surface area (TPSA) is 49.4 Å². The number of rotatable bonds is 4. The van der Waals surface area contributed by atoms with Crippen molar-refractivity contribution in [3.63, 3.8) is 0 Å². The number of hydrogen-bond acceptors (Lipinski definition) is 2. The molecule has 1 atom stereocenters. The van der Waals surface area contributed by atoms with Gasteiger partial charge in [-0.15, -0.1) is 0 Å². The molecule has 0 aliphatic carbocycles. The number of benzene rings is 1. The van der Waals surface area contributed by atoms with E-state index in [1.54, 1.807) is 4.31 Å². The molecular weight excluding hydrogens is 328 g/mol. The minimum atomic E-state index is -3.35. The molecular formula is C13H19BrN2O2S. The van der Waals surface area contributed by atoms with Gasteiger partial charge < -0.3 is 0 Å². The molecule has 6 heteroatoms. The van der Waals surface area contributed by atoms with E-state index in [1.165, 1.54) is 0 Å². The maximum absolute atomic E-state index is 12.2. The second kappa shape index (κ2) is 6.35. The van der Waals surface area contributed by atoms with Crippen molar-refractivity contribution < 1.29 is 8.42 Å². The Kier molecular flexibility index (Phi) is 5.00. The summed E-state index contributed by atoms with van der Waals surface area (Å²) in [7, 11) is -3.35. The zero-order valence-electron chi connectivity index (χ0n) is 11.0. The molecule has 1 heterocycles. The lowest BCUT2D eigenvalue weighted by molar-refractivity contribution is 0.278. The van der Waals surface area contributed by atoms with Gasteiger partial charge in [-0.25, -0.2) is 0 Å². The van der Waals surface area contributed by atoms with Crippen LogP contribution in [0.15, 0.2) is 28.7 Å². The molecule has 19 heavy (non-hydrogen) atoms. The van der Waals surface area contributed by atoms with Crippen molar-refractivity contribution >= 4 is 26.1 Å². The summed E-state index contributed by atoms with van der Waals surface area (Å²) in [4.78, 5) is 0. The molecule has 4 nitrogen and oxygen atoms in total. The largest absolute Gasteiger partial charge is 0.279 e. The van der Waals surface area contributed by atoms with Crippen LogP contribution in [0.25, 0.3) is 0 Å². The lowest BCUT2D eigenvalue weighted by atomic mass is 10.0. The van der Waals surface area contributed by atoms with Gasteiger partial charge in [-0.05, 0) is 36.5 Å². The third-order valence-electron chi connectivity index (χ3n) is 3.33. The van der Waals surface area contributed by atoms with Gasteiger partial charge in [0.25, 0.3) is 10.2 Å². The van der Waals surface area contributed by atoms with E-state index < -0.39 is 10.2 Å². The first-order chi connectivity index (χ1) is 8.97. The molecule has 0 spiro atoms. The summed E-state index contributed by atoms with van der Waals surface area (Å²) >= 11 is 3.36. The van der Waals surface area contributed by atoms with Crippen LogP contribution in [0.1, 0.15) is 25.3 Å². The van der Waals surface area contributed by atoms with Crippen molar-refractivity contribution in [1.29, 1.82) is 0 Å². The molecule has 1 saturated heterocycles. The van der Waals surface area contributed by atoms with Gasteiger partial charge in [0, 0.05) is 24.1 Å². The minimum Gasteiger partial charge on any atom is -0.198 e. The van der Waals surface area contributed by atoms with E-state index >= 15 is 0 Å². The lowest BCUT2D eigenvalue weighted by Gasteiger charge is -2.29. The average Bonchev–Trinajstić information content (AvgIpc) is 2.38. The molecule has 1 aliphatic heterocycles. The molecule has 1 unspecified atom stereocenters. The van der Waals surface area contributed by atoms with Gasteiger partial charge in [-0.1, -0.05) is 35.0 Å². The maximum Gasteiger partial charge on any atom is 0.279 e. The number of halogens is 1. The monoisotopic (exact) mass is 346 g/mol. The van der Waals surface area contributed by atoms with Gasteiger partial charge in [0.2, 0.25) is 0 Å². The fourth-order valence-corrected chi connectivity index (χ4v) is 3.85. The molecule has 0 saturated carbocycles. The molecule has 2 rings (SSSR count). The molecule has 1 aromatic carbocycles. The lowest BCUT2D eigenvalue weighted by Crippen LogP contribution is -2.45. The van der Waals surface area contributed by atoms with Crippen molar-refractivity contribution in [3.8, 4) is 0 Å². The first-order valence-electron chi connectivity index (χ1n) is 6.46. The average molecular weight is 347 g/mol. The fraction of sp³-hybridized carbons (Fsp3) is 0.538. The minimum absolute atomic E-state index is 0.334. The van der Waals surface area contributed by atoms with Gasteiger partial charge in [-0.2, -0.15) is 17.4 Å². The van der Waals surface area contributed by atoms with Crippen LogP contribution >= 0.6 is 15.9 Å². The van der Waals surface area contributed by atoms with Gasteiger partial charge in [0.1, 0.15) is 0 Å². The summed E-state index contributed by atoms with van der Waals surface area (Å²) in [5.74, 6) is 0.443. The summed E-state index contributed by atoms with van der Waals surface area (Å²) in [6, 6.07) is 7.63. The van der Waals surface area contributed by atoms with E-state index in [1.807, 2.05) is 24.3 Å². The van der Waals surface area contributed by atoms with E-state index in [-0.39, 0.29) is 0 Å². The van der Waals surface area contributed by atoms with Crippen molar-refractivity contribution in [2.75, 3.05) is 13.1 Å². The number of nitrogens with zero attached hydrogens (tertiary/aromatic N) is 1. The molecule has 1 N–H and O–H groups in total. The van der Waals surface area contributed by atoms with Crippen LogP contribution in [-0.2, 0) is 16.8 Å². The second-order valence-electron chi connectivity index (χ2n) is 5.06. The highest BCUT2D eigenvalue weighted by Gasteiger charge is 2.26. The van der Waals surface area contributed by atoms with E-state index in [9.17, 15) is 8.42 Å². The van der Waals surface area contributed by atoms with Crippen molar-refractivity contribution in [3.05, 3.63) is 34.3 Å². The zero-order valence-corrected chi connectivity index (χ0v) is 13.4. The van der Waals surface area contributed by atoms with Gasteiger partial charge >= 0.3 is 0 Å².